The molecule has 0 saturated carbocycles. The van der Waals surface area contributed by atoms with Gasteiger partial charge in [-0.1, -0.05) is 24.3 Å². The van der Waals surface area contributed by atoms with Gasteiger partial charge in [0.1, 0.15) is 42.4 Å². The number of methoxy groups -OCH3 is 2. The number of fused-ring (bicyclic) bond motifs is 2. The van der Waals surface area contributed by atoms with Crippen molar-refractivity contribution < 1.29 is 32.9 Å². The average molecular weight is 658 g/mol. The van der Waals surface area contributed by atoms with Crippen LogP contribution >= 0.6 is 0 Å². The SMILES string of the molecule is COCCOc1cc2ncnc(Oc3ccc(C4CCCn5c4c(C(N)=O)c(=O)n5-c4ccccc4F)cc3C)c2cc1OCCOC. The number of nitrogens with two attached hydrogens (primary N) is 1. The Labute approximate surface area is 275 Å². The van der Waals surface area contributed by atoms with E-state index in [-0.39, 0.29) is 17.2 Å². The number of para-hydroxylation sites is 1. The van der Waals surface area contributed by atoms with Gasteiger partial charge in [-0.2, -0.15) is 0 Å². The summed E-state index contributed by atoms with van der Waals surface area (Å²) in [4.78, 5) is 35.0. The van der Waals surface area contributed by atoms with Crippen LogP contribution in [0.3, 0.4) is 0 Å². The van der Waals surface area contributed by atoms with Crippen LogP contribution < -0.4 is 25.5 Å². The lowest BCUT2D eigenvalue weighted by molar-refractivity contribution is 0.0997. The average Bonchev–Trinajstić information content (AvgIpc) is 3.38. The molecule has 2 aromatic heterocycles. The molecule has 1 aliphatic heterocycles. The predicted molar refractivity (Wildman–Crippen MR) is 175 cm³/mol. The van der Waals surface area contributed by atoms with Crippen molar-refractivity contribution in [3.63, 3.8) is 0 Å². The predicted octanol–water partition coefficient (Wildman–Crippen LogP) is 4.90. The topological polar surface area (TPSA) is 142 Å². The maximum atomic E-state index is 14.9. The van der Waals surface area contributed by atoms with Crippen LogP contribution in [-0.2, 0) is 16.0 Å². The fourth-order valence-corrected chi connectivity index (χ4v) is 6.06. The third-order valence-electron chi connectivity index (χ3n) is 8.26. The van der Waals surface area contributed by atoms with E-state index in [9.17, 15) is 14.0 Å². The monoisotopic (exact) mass is 657 g/mol. The van der Waals surface area contributed by atoms with Crippen molar-refractivity contribution >= 4 is 16.8 Å². The summed E-state index contributed by atoms with van der Waals surface area (Å²) in [5, 5.41) is 0.615. The lowest BCUT2D eigenvalue weighted by atomic mass is 9.86. The van der Waals surface area contributed by atoms with Crippen molar-refractivity contribution in [3.05, 3.63) is 99.5 Å². The fourth-order valence-electron chi connectivity index (χ4n) is 6.06. The van der Waals surface area contributed by atoms with Crippen molar-refractivity contribution in [2.45, 2.75) is 32.2 Å². The van der Waals surface area contributed by atoms with E-state index in [0.29, 0.717) is 85.5 Å². The molecule has 5 aromatic rings. The number of aryl methyl sites for hydroxylation is 1. The number of primary amides is 1. The van der Waals surface area contributed by atoms with Crippen molar-refractivity contribution in [2.24, 2.45) is 5.73 Å². The summed E-state index contributed by atoms with van der Waals surface area (Å²) in [6, 6.07) is 15.2. The molecule has 0 fully saturated rings. The Morgan fingerprint density at radius 3 is 2.38 bits per heavy atom. The summed E-state index contributed by atoms with van der Waals surface area (Å²) < 4.78 is 46.2. The summed E-state index contributed by atoms with van der Waals surface area (Å²) in [5.74, 6) is 0.0999. The molecule has 6 rings (SSSR count). The highest BCUT2D eigenvalue weighted by molar-refractivity contribution is 5.94. The highest BCUT2D eigenvalue weighted by Crippen LogP contribution is 2.40. The lowest BCUT2D eigenvalue weighted by Crippen LogP contribution is -2.26. The number of ether oxygens (including phenoxy) is 5. The van der Waals surface area contributed by atoms with Crippen LogP contribution in [0.2, 0.25) is 0 Å². The molecule has 1 atom stereocenters. The van der Waals surface area contributed by atoms with Gasteiger partial charge in [0.15, 0.2) is 11.5 Å². The van der Waals surface area contributed by atoms with E-state index in [1.54, 1.807) is 43.2 Å². The molecule has 12 nitrogen and oxygen atoms in total. The molecule has 48 heavy (non-hydrogen) atoms. The van der Waals surface area contributed by atoms with E-state index in [4.69, 9.17) is 29.4 Å². The van der Waals surface area contributed by atoms with E-state index in [0.717, 1.165) is 11.1 Å². The van der Waals surface area contributed by atoms with Gasteiger partial charge < -0.3 is 29.4 Å². The van der Waals surface area contributed by atoms with E-state index >= 15 is 0 Å². The molecular formula is C35H36FN5O7. The molecule has 1 aliphatic rings. The number of hydrogen-bond donors (Lipinski definition) is 1. The van der Waals surface area contributed by atoms with Gasteiger partial charge in [0, 0.05) is 32.7 Å². The fraction of sp³-hybridized carbons (Fsp3) is 0.314. The van der Waals surface area contributed by atoms with Crippen molar-refractivity contribution in [2.75, 3.05) is 40.6 Å². The Morgan fingerprint density at radius 2 is 1.69 bits per heavy atom. The minimum atomic E-state index is -0.851. The van der Waals surface area contributed by atoms with Gasteiger partial charge >= 0.3 is 0 Å². The second-order valence-electron chi connectivity index (χ2n) is 11.3. The first-order chi connectivity index (χ1) is 23.3. The maximum Gasteiger partial charge on any atom is 0.284 e. The summed E-state index contributed by atoms with van der Waals surface area (Å²) in [6.07, 6.45) is 2.78. The highest BCUT2D eigenvalue weighted by atomic mass is 19.1. The zero-order valence-corrected chi connectivity index (χ0v) is 26.9. The molecule has 0 aliphatic carbocycles. The minimum Gasteiger partial charge on any atom is -0.487 e. The number of aromatic nitrogens is 4. The summed E-state index contributed by atoms with van der Waals surface area (Å²) in [7, 11) is 3.20. The Morgan fingerprint density at radius 1 is 0.958 bits per heavy atom. The van der Waals surface area contributed by atoms with Gasteiger partial charge in [-0.3, -0.25) is 14.3 Å². The molecule has 0 bridgehead atoms. The molecule has 3 aromatic carbocycles. The third-order valence-corrected chi connectivity index (χ3v) is 8.26. The second kappa shape index (κ2) is 14.2. The van der Waals surface area contributed by atoms with Gasteiger partial charge in [0.2, 0.25) is 5.88 Å². The third kappa shape index (κ3) is 6.34. The summed E-state index contributed by atoms with van der Waals surface area (Å²) in [6.45, 7) is 3.77. The number of benzene rings is 3. The molecule has 0 saturated heterocycles. The summed E-state index contributed by atoms with van der Waals surface area (Å²) in [5.41, 5.74) is 7.77. The van der Waals surface area contributed by atoms with Gasteiger partial charge in [0.05, 0.1) is 29.8 Å². The first-order valence-electron chi connectivity index (χ1n) is 15.5. The van der Waals surface area contributed by atoms with Crippen molar-refractivity contribution in [3.8, 4) is 28.8 Å². The minimum absolute atomic E-state index is 0.0646. The number of carbonyl (C=O) groups excluding carboxylic acids is 1. The molecule has 3 heterocycles. The first-order valence-corrected chi connectivity index (χ1v) is 15.5. The zero-order chi connectivity index (χ0) is 33.8. The molecule has 0 radical (unpaired) electrons. The number of amides is 1. The van der Waals surface area contributed by atoms with Crippen LogP contribution in [0.25, 0.3) is 16.6 Å². The van der Waals surface area contributed by atoms with Gasteiger partial charge in [-0.15, -0.1) is 0 Å². The van der Waals surface area contributed by atoms with E-state index in [2.05, 4.69) is 9.97 Å². The van der Waals surface area contributed by atoms with Crippen LogP contribution in [0, 0.1) is 12.7 Å². The number of nitrogens with zero attached hydrogens (tertiary/aromatic N) is 4. The van der Waals surface area contributed by atoms with Gasteiger partial charge in [-0.05, 0) is 55.2 Å². The van der Waals surface area contributed by atoms with Crippen LogP contribution in [-0.4, -0.2) is 65.9 Å². The number of hydrogen-bond acceptors (Lipinski definition) is 9. The number of halogens is 1. The molecule has 2 N–H and O–H groups in total. The molecule has 250 valence electrons. The molecule has 1 unspecified atom stereocenters. The zero-order valence-electron chi connectivity index (χ0n) is 26.9. The normalized spacial score (nSPS) is 14.1. The van der Waals surface area contributed by atoms with E-state index in [1.165, 1.54) is 23.1 Å². The van der Waals surface area contributed by atoms with Crippen LogP contribution in [0.4, 0.5) is 4.39 Å². The Balaban J connectivity index is 1.35. The standard InChI is InChI=1S/C35H36FN5O7/c1-21-17-22(23-7-6-12-40-32(23)31(33(37)42)35(43)41(40)27-9-5-4-8-25(27)36)10-11-28(21)48-34-24-18-29(46-15-13-44-2)30(47-16-14-45-3)19-26(24)38-20-39-34/h4-5,8-11,17-20,23H,6-7,12-16H2,1-3H3,(H2,37,42). The number of carbonyl (C=O) groups is 1. The van der Waals surface area contributed by atoms with Crippen molar-refractivity contribution in [1.82, 2.24) is 19.3 Å². The molecule has 1 amide bonds. The van der Waals surface area contributed by atoms with E-state index in [1.807, 2.05) is 25.1 Å². The van der Waals surface area contributed by atoms with E-state index < -0.39 is 17.3 Å². The number of rotatable bonds is 13. The molecular weight excluding hydrogens is 621 g/mol. The largest absolute Gasteiger partial charge is 0.487 e. The van der Waals surface area contributed by atoms with Crippen LogP contribution in [0.15, 0.2) is 65.7 Å². The lowest BCUT2D eigenvalue weighted by Gasteiger charge is -2.27. The Kier molecular flexibility index (Phi) is 9.69. The maximum absolute atomic E-state index is 14.9. The van der Waals surface area contributed by atoms with Gasteiger partial charge in [0.25, 0.3) is 11.5 Å². The first kappa shape index (κ1) is 32.7. The quantitative estimate of drug-likeness (QED) is 0.175. The smallest absolute Gasteiger partial charge is 0.284 e. The second-order valence-corrected chi connectivity index (χ2v) is 11.3. The summed E-state index contributed by atoms with van der Waals surface area (Å²) >= 11 is 0. The Bertz CT molecular complexity index is 2030. The molecule has 13 heteroatoms. The van der Waals surface area contributed by atoms with Crippen LogP contribution in [0.5, 0.6) is 23.1 Å². The van der Waals surface area contributed by atoms with Crippen LogP contribution in [0.1, 0.15) is 45.9 Å². The Hall–Kier alpha value is -5.27. The van der Waals surface area contributed by atoms with Gasteiger partial charge in [-0.25, -0.2) is 19.0 Å². The van der Waals surface area contributed by atoms with Crippen molar-refractivity contribution in [1.29, 1.82) is 0 Å². The molecule has 0 spiro atoms. The highest BCUT2D eigenvalue weighted by Gasteiger charge is 2.34.